The fraction of sp³-hybridized carbons (Fsp3) is 0.167. The standard InChI is InChI=1S/C12H12N4O3/c1-7(10-13-6-14-16-10)15-11(17)8-4-2-3-5-9(8)12(18)19/h2-7H,1H3,(H,15,17)(H,18,19)(H,13,14,16). The van der Waals surface area contributed by atoms with Gasteiger partial charge in [-0.2, -0.15) is 5.10 Å². The number of carboxylic acid groups (broad SMARTS) is 1. The Kier molecular flexibility index (Phi) is 3.56. The topological polar surface area (TPSA) is 108 Å². The highest BCUT2D eigenvalue weighted by molar-refractivity contribution is 6.04. The van der Waals surface area contributed by atoms with Crippen molar-refractivity contribution in [2.45, 2.75) is 13.0 Å². The van der Waals surface area contributed by atoms with Crippen molar-refractivity contribution in [1.29, 1.82) is 0 Å². The van der Waals surface area contributed by atoms with Crippen molar-refractivity contribution in [1.82, 2.24) is 20.5 Å². The van der Waals surface area contributed by atoms with Gasteiger partial charge in [-0.3, -0.25) is 9.89 Å². The van der Waals surface area contributed by atoms with Crippen LogP contribution in [0.2, 0.25) is 0 Å². The van der Waals surface area contributed by atoms with Gasteiger partial charge in [-0.05, 0) is 19.1 Å². The van der Waals surface area contributed by atoms with E-state index in [0.29, 0.717) is 5.82 Å². The number of rotatable bonds is 4. The zero-order chi connectivity index (χ0) is 13.8. The maximum atomic E-state index is 12.0. The molecule has 1 aromatic carbocycles. The third-order valence-electron chi connectivity index (χ3n) is 2.59. The highest BCUT2D eigenvalue weighted by atomic mass is 16.4. The second-order valence-electron chi connectivity index (χ2n) is 3.92. The summed E-state index contributed by atoms with van der Waals surface area (Å²) in [6.45, 7) is 1.72. The summed E-state index contributed by atoms with van der Waals surface area (Å²) in [5.41, 5.74) is 0.0751. The van der Waals surface area contributed by atoms with Crippen LogP contribution in [0.25, 0.3) is 0 Å². The molecule has 1 atom stereocenters. The fourth-order valence-corrected chi connectivity index (χ4v) is 1.63. The van der Waals surface area contributed by atoms with Crippen molar-refractivity contribution in [3.05, 3.63) is 47.5 Å². The van der Waals surface area contributed by atoms with Crippen molar-refractivity contribution in [2.75, 3.05) is 0 Å². The molecular weight excluding hydrogens is 248 g/mol. The van der Waals surface area contributed by atoms with Crippen molar-refractivity contribution >= 4 is 11.9 Å². The van der Waals surface area contributed by atoms with E-state index in [2.05, 4.69) is 20.5 Å². The maximum Gasteiger partial charge on any atom is 0.336 e. The number of carboxylic acids is 1. The predicted molar refractivity (Wildman–Crippen MR) is 65.7 cm³/mol. The van der Waals surface area contributed by atoms with Gasteiger partial charge in [-0.1, -0.05) is 12.1 Å². The summed E-state index contributed by atoms with van der Waals surface area (Å²) in [5, 5.41) is 18.0. The number of H-pyrrole nitrogens is 1. The molecule has 0 aliphatic heterocycles. The van der Waals surface area contributed by atoms with E-state index in [9.17, 15) is 9.59 Å². The van der Waals surface area contributed by atoms with Gasteiger partial charge in [0.05, 0.1) is 17.2 Å². The lowest BCUT2D eigenvalue weighted by Crippen LogP contribution is -2.28. The first-order chi connectivity index (χ1) is 9.09. The lowest BCUT2D eigenvalue weighted by atomic mass is 10.1. The smallest absolute Gasteiger partial charge is 0.336 e. The molecule has 98 valence electrons. The Bertz CT molecular complexity index is 595. The van der Waals surface area contributed by atoms with E-state index in [1.165, 1.54) is 18.5 Å². The normalized spacial score (nSPS) is 11.8. The maximum absolute atomic E-state index is 12.0. The molecule has 0 fully saturated rings. The molecule has 1 heterocycles. The molecule has 7 nitrogen and oxygen atoms in total. The summed E-state index contributed by atoms with van der Waals surface area (Å²) in [6.07, 6.45) is 1.34. The molecule has 1 unspecified atom stereocenters. The highest BCUT2D eigenvalue weighted by Crippen LogP contribution is 2.11. The number of carbonyl (C=O) groups is 2. The van der Waals surface area contributed by atoms with E-state index in [1.54, 1.807) is 19.1 Å². The molecule has 3 N–H and O–H groups in total. The van der Waals surface area contributed by atoms with Crippen LogP contribution < -0.4 is 5.32 Å². The minimum atomic E-state index is -1.14. The molecule has 19 heavy (non-hydrogen) atoms. The van der Waals surface area contributed by atoms with Crippen LogP contribution in [0.4, 0.5) is 0 Å². The Morgan fingerprint density at radius 2 is 2.00 bits per heavy atom. The van der Waals surface area contributed by atoms with Crippen LogP contribution in [-0.4, -0.2) is 32.2 Å². The number of hydrogen-bond donors (Lipinski definition) is 3. The number of aromatic nitrogens is 3. The molecule has 0 bridgehead atoms. The molecule has 0 aliphatic carbocycles. The van der Waals surface area contributed by atoms with Crippen molar-refractivity contribution < 1.29 is 14.7 Å². The lowest BCUT2D eigenvalue weighted by molar-refractivity contribution is 0.0690. The van der Waals surface area contributed by atoms with E-state index in [1.807, 2.05) is 0 Å². The number of aromatic amines is 1. The Morgan fingerprint density at radius 1 is 1.32 bits per heavy atom. The van der Waals surface area contributed by atoms with Gasteiger partial charge in [0.1, 0.15) is 12.2 Å². The summed E-state index contributed by atoms with van der Waals surface area (Å²) in [5.74, 6) is -1.11. The highest BCUT2D eigenvalue weighted by Gasteiger charge is 2.18. The lowest BCUT2D eigenvalue weighted by Gasteiger charge is -2.12. The van der Waals surface area contributed by atoms with Gasteiger partial charge in [0.2, 0.25) is 0 Å². The molecule has 2 aromatic rings. The van der Waals surface area contributed by atoms with Crippen LogP contribution in [0, 0.1) is 0 Å². The second kappa shape index (κ2) is 5.30. The van der Waals surface area contributed by atoms with Gasteiger partial charge in [0.15, 0.2) is 0 Å². The number of hydrogen-bond acceptors (Lipinski definition) is 4. The van der Waals surface area contributed by atoms with E-state index in [-0.39, 0.29) is 11.1 Å². The molecule has 2 rings (SSSR count). The first kappa shape index (κ1) is 12.7. The molecule has 0 aliphatic rings. The van der Waals surface area contributed by atoms with Crippen LogP contribution in [-0.2, 0) is 0 Å². The van der Waals surface area contributed by atoms with Gasteiger partial charge < -0.3 is 10.4 Å². The van der Waals surface area contributed by atoms with Crippen LogP contribution >= 0.6 is 0 Å². The number of nitrogens with zero attached hydrogens (tertiary/aromatic N) is 2. The first-order valence-corrected chi connectivity index (χ1v) is 5.58. The predicted octanol–water partition coefficient (Wildman–Crippen LogP) is 0.994. The Labute approximate surface area is 108 Å². The third-order valence-corrected chi connectivity index (χ3v) is 2.59. The van der Waals surface area contributed by atoms with Crippen LogP contribution in [0.3, 0.4) is 0 Å². The summed E-state index contributed by atoms with van der Waals surface area (Å²) in [4.78, 5) is 27.0. The van der Waals surface area contributed by atoms with Crippen LogP contribution in [0.5, 0.6) is 0 Å². The number of amides is 1. The van der Waals surface area contributed by atoms with Crippen molar-refractivity contribution in [2.24, 2.45) is 0 Å². The third kappa shape index (κ3) is 2.76. The molecule has 0 spiro atoms. The van der Waals surface area contributed by atoms with E-state index in [0.717, 1.165) is 0 Å². The average Bonchev–Trinajstić information content (AvgIpc) is 2.92. The van der Waals surface area contributed by atoms with Gasteiger partial charge in [0.25, 0.3) is 5.91 Å². The Hall–Kier alpha value is -2.70. The van der Waals surface area contributed by atoms with Gasteiger partial charge in [-0.25, -0.2) is 9.78 Å². The van der Waals surface area contributed by atoms with Crippen LogP contribution in [0.1, 0.15) is 39.5 Å². The number of benzene rings is 1. The minimum absolute atomic E-state index is 0.0373. The number of aromatic carboxylic acids is 1. The molecule has 7 heteroatoms. The monoisotopic (exact) mass is 260 g/mol. The quantitative estimate of drug-likeness (QED) is 0.759. The molecule has 0 saturated heterocycles. The number of nitrogens with one attached hydrogen (secondary N) is 2. The van der Waals surface area contributed by atoms with Gasteiger partial charge in [-0.15, -0.1) is 0 Å². The second-order valence-corrected chi connectivity index (χ2v) is 3.92. The SMILES string of the molecule is CC(NC(=O)c1ccccc1C(=O)O)c1ncn[nH]1. The van der Waals surface area contributed by atoms with Crippen molar-refractivity contribution in [3.8, 4) is 0 Å². The first-order valence-electron chi connectivity index (χ1n) is 5.58. The van der Waals surface area contributed by atoms with E-state index >= 15 is 0 Å². The van der Waals surface area contributed by atoms with Crippen LogP contribution in [0.15, 0.2) is 30.6 Å². The fourth-order valence-electron chi connectivity index (χ4n) is 1.63. The molecule has 1 amide bonds. The molecule has 0 saturated carbocycles. The Balaban J connectivity index is 2.19. The zero-order valence-electron chi connectivity index (χ0n) is 10.1. The summed E-state index contributed by atoms with van der Waals surface area (Å²) in [6, 6.07) is 5.64. The summed E-state index contributed by atoms with van der Waals surface area (Å²) in [7, 11) is 0. The van der Waals surface area contributed by atoms with Gasteiger partial charge in [0, 0.05) is 0 Å². The average molecular weight is 260 g/mol. The molecular formula is C12H12N4O3. The number of carbonyl (C=O) groups excluding carboxylic acids is 1. The van der Waals surface area contributed by atoms with Crippen molar-refractivity contribution in [3.63, 3.8) is 0 Å². The van der Waals surface area contributed by atoms with E-state index in [4.69, 9.17) is 5.11 Å². The molecule has 0 radical (unpaired) electrons. The molecule has 1 aromatic heterocycles. The minimum Gasteiger partial charge on any atom is -0.478 e. The van der Waals surface area contributed by atoms with Gasteiger partial charge >= 0.3 is 5.97 Å². The largest absolute Gasteiger partial charge is 0.478 e. The summed E-state index contributed by atoms with van der Waals surface area (Å²) < 4.78 is 0. The summed E-state index contributed by atoms with van der Waals surface area (Å²) >= 11 is 0. The van der Waals surface area contributed by atoms with E-state index < -0.39 is 17.9 Å². The zero-order valence-corrected chi connectivity index (χ0v) is 10.1. The Morgan fingerprint density at radius 3 is 2.58 bits per heavy atom.